The van der Waals surface area contributed by atoms with E-state index in [1.807, 2.05) is 0 Å². The Morgan fingerprint density at radius 2 is 1.35 bits per heavy atom. The minimum atomic E-state index is -6.23. The Morgan fingerprint density at radius 1 is 0.804 bits per heavy atom. The molecule has 0 aliphatic carbocycles. The van der Waals surface area contributed by atoms with E-state index in [-0.39, 0.29) is 24.1 Å². The molecule has 0 saturated carbocycles. The Morgan fingerprint density at radius 3 is 1.86 bits per heavy atom. The lowest BCUT2D eigenvalue weighted by Gasteiger charge is -2.38. The molecule has 0 aromatic heterocycles. The van der Waals surface area contributed by atoms with Gasteiger partial charge in [-0.2, -0.15) is 26.3 Å². The number of anilines is 1. The van der Waals surface area contributed by atoms with E-state index in [2.05, 4.69) is 4.74 Å². The van der Waals surface area contributed by atoms with Crippen LogP contribution in [-0.4, -0.2) is 58.8 Å². The number of hydrogen-bond acceptors (Lipinski definition) is 5. The molecule has 1 heterocycles. The van der Waals surface area contributed by atoms with E-state index in [1.165, 1.54) is 17.0 Å². The van der Waals surface area contributed by atoms with Gasteiger partial charge in [-0.1, -0.05) is 30.3 Å². The van der Waals surface area contributed by atoms with Crippen molar-refractivity contribution in [2.45, 2.75) is 40.6 Å². The fourth-order valence-electron chi connectivity index (χ4n) is 6.08. The van der Waals surface area contributed by atoms with Crippen LogP contribution in [-0.2, 0) is 31.5 Å². The van der Waals surface area contributed by atoms with Crippen LogP contribution in [0.2, 0.25) is 0 Å². The highest BCUT2D eigenvalue weighted by Gasteiger charge is 2.73. The third-order valence-corrected chi connectivity index (χ3v) is 11.4. The molecule has 4 aromatic rings. The predicted molar refractivity (Wildman–Crippen MR) is 168 cm³/mol. The van der Waals surface area contributed by atoms with Crippen LogP contribution in [0.25, 0.3) is 0 Å². The number of benzene rings is 4. The molecule has 0 bridgehead atoms. The van der Waals surface area contributed by atoms with Crippen LogP contribution in [0.3, 0.4) is 0 Å². The molecule has 6 nitrogen and oxygen atoms in total. The second kappa shape index (κ2) is 13.5. The number of carbonyl (C=O) groups is 1. The summed E-state index contributed by atoms with van der Waals surface area (Å²) in [5.41, 5.74) is -7.15. The van der Waals surface area contributed by atoms with Crippen LogP contribution < -0.4 is 4.90 Å². The number of likely N-dealkylation sites (tertiary alicyclic amines) is 1. The number of hydrogen-bond donors (Lipinski definition) is 0. The largest absolute Gasteiger partial charge is 0.430 e. The van der Waals surface area contributed by atoms with Crippen molar-refractivity contribution in [2.24, 2.45) is 0 Å². The summed E-state index contributed by atoms with van der Waals surface area (Å²) in [5.74, 6) is -4.24. The highest BCUT2D eigenvalue weighted by atomic mass is 32.2. The van der Waals surface area contributed by atoms with Gasteiger partial charge < -0.3 is 14.5 Å². The fourth-order valence-corrected chi connectivity index (χ4v) is 8.16. The van der Waals surface area contributed by atoms with Crippen molar-refractivity contribution in [3.63, 3.8) is 0 Å². The number of sulfone groups is 1. The molecule has 1 aliphatic rings. The monoisotopic (exact) mass is 744 g/mol. The van der Waals surface area contributed by atoms with E-state index in [4.69, 9.17) is 0 Å². The summed E-state index contributed by atoms with van der Waals surface area (Å²) >= 11 is 0. The topological polar surface area (TPSA) is 66.9 Å². The van der Waals surface area contributed by atoms with Gasteiger partial charge in [0, 0.05) is 49.6 Å². The summed E-state index contributed by atoms with van der Waals surface area (Å²) in [6, 6.07) is 14.4. The van der Waals surface area contributed by atoms with E-state index in [0.29, 0.717) is 24.3 Å². The quantitative estimate of drug-likeness (QED) is 0.129. The maximum atomic E-state index is 14.5. The van der Waals surface area contributed by atoms with Crippen molar-refractivity contribution < 1.29 is 57.5 Å². The molecule has 272 valence electrons. The zero-order valence-corrected chi connectivity index (χ0v) is 27.6. The molecule has 51 heavy (non-hydrogen) atoms. The van der Waals surface area contributed by atoms with E-state index in [9.17, 15) is 52.7 Å². The molecule has 0 radical (unpaired) electrons. The summed E-state index contributed by atoms with van der Waals surface area (Å²) in [7, 11) is -1.07. The predicted octanol–water partition coefficient (Wildman–Crippen LogP) is 7.92. The van der Waals surface area contributed by atoms with E-state index < -0.39 is 85.1 Å². The van der Waals surface area contributed by atoms with Crippen LogP contribution in [0.1, 0.15) is 33.5 Å². The van der Waals surface area contributed by atoms with E-state index in [1.54, 1.807) is 31.1 Å². The van der Waals surface area contributed by atoms with Crippen LogP contribution in [0, 0.1) is 17.5 Å². The average molecular weight is 745 g/mol. The second-order valence-electron chi connectivity index (χ2n) is 12.1. The molecule has 5 rings (SSSR count). The van der Waals surface area contributed by atoms with Gasteiger partial charge in [0.1, 0.15) is 22.2 Å². The maximum Gasteiger partial charge on any atom is 0.430 e. The molecule has 1 saturated heterocycles. The molecule has 1 atom stereocenters. The molecule has 1 aliphatic heterocycles. The van der Waals surface area contributed by atoms with Crippen molar-refractivity contribution in [3.8, 4) is 0 Å². The minimum Gasteiger partial charge on any atom is -0.378 e. The molecule has 1 fully saturated rings. The Bertz CT molecular complexity index is 1970. The fraction of sp³-hybridized carbons (Fsp3) is 0.286. The normalized spacial score (nSPS) is 17.1. The molecule has 0 spiro atoms. The lowest BCUT2D eigenvalue weighted by atomic mass is 9.88. The highest BCUT2D eigenvalue weighted by Crippen LogP contribution is 2.54. The van der Waals surface area contributed by atoms with Gasteiger partial charge in [-0.15, -0.1) is 0 Å². The van der Waals surface area contributed by atoms with Crippen molar-refractivity contribution in [1.82, 2.24) is 4.90 Å². The summed E-state index contributed by atoms with van der Waals surface area (Å²) < 4.78 is 160. The first kappa shape index (κ1) is 37.7. The van der Waals surface area contributed by atoms with Crippen LogP contribution in [0.15, 0.2) is 95.9 Å². The van der Waals surface area contributed by atoms with Gasteiger partial charge in [0.15, 0.2) is 9.84 Å². The summed E-state index contributed by atoms with van der Waals surface area (Å²) in [6.45, 7) is -2.51. The van der Waals surface area contributed by atoms with Crippen molar-refractivity contribution >= 4 is 21.4 Å². The van der Waals surface area contributed by atoms with Gasteiger partial charge in [0.05, 0.1) is 11.5 Å². The summed E-state index contributed by atoms with van der Waals surface area (Å²) in [6.07, 6.45) is -12.8. The van der Waals surface area contributed by atoms with Gasteiger partial charge in [-0.05, 0) is 72.6 Å². The number of nitrogens with zero attached hydrogens (tertiary/aromatic N) is 2. The molecular weight excluding hydrogens is 715 g/mol. The zero-order chi connectivity index (χ0) is 37.6. The Labute approximate surface area is 287 Å². The highest BCUT2D eigenvalue weighted by molar-refractivity contribution is 7.92. The maximum absolute atomic E-state index is 14.5. The van der Waals surface area contributed by atoms with Crippen LogP contribution in [0.4, 0.5) is 45.2 Å². The number of carbonyl (C=O) groups excluding carboxylic acids is 1. The minimum absolute atomic E-state index is 0.178. The average Bonchev–Trinajstić information content (AvgIpc) is 3.53. The Hall–Kier alpha value is -4.57. The Kier molecular flexibility index (Phi) is 9.99. The molecule has 0 N–H and O–H groups in total. The third-order valence-electron chi connectivity index (χ3n) is 8.90. The van der Waals surface area contributed by atoms with Crippen molar-refractivity contribution in [3.05, 3.63) is 131 Å². The third kappa shape index (κ3) is 6.66. The van der Waals surface area contributed by atoms with Crippen LogP contribution >= 0.6 is 0 Å². The number of rotatable bonds is 9. The van der Waals surface area contributed by atoms with Crippen LogP contribution in [0.5, 0.6) is 0 Å². The molecule has 4 aromatic carbocycles. The lowest BCUT2D eigenvalue weighted by Crippen LogP contribution is -2.56. The first-order chi connectivity index (χ1) is 23.7. The molecule has 1 amide bonds. The standard InChI is InChI=1S/C35H29F9N2O4S/c1-45(2)26-14-6-22(7-15-26)31(47)46-19-18-32(21-46,51(48,49)27-16-12-25(36)13-17-27)23-8-10-24(11-9-23)33(34(39,40)41,35(42,43)44)50-20-28-29(37)4-3-5-30(28)38/h3-17H,18-21H2,1-2H3. The Balaban J connectivity index is 1.60. The number of alkyl halides is 6. The number of ether oxygens (including phenoxy) is 1. The lowest BCUT2D eigenvalue weighted by molar-refractivity contribution is -0.392. The SMILES string of the molecule is CN(C)c1ccc(C(=O)N2CCC(c3ccc(C(OCc4c(F)cccc4F)(C(F)(F)F)C(F)(F)F)cc3)(S(=O)(=O)c3ccc(F)cc3)C2)cc1. The first-order valence-electron chi connectivity index (χ1n) is 15.1. The van der Waals surface area contributed by atoms with Gasteiger partial charge in [0.25, 0.3) is 11.5 Å². The molecule has 16 heteroatoms. The first-order valence-corrected chi connectivity index (χ1v) is 16.6. The summed E-state index contributed by atoms with van der Waals surface area (Å²) in [5, 5.41) is 0. The van der Waals surface area contributed by atoms with Gasteiger partial charge in [-0.3, -0.25) is 4.79 Å². The summed E-state index contributed by atoms with van der Waals surface area (Å²) in [4.78, 5) is 16.1. The zero-order valence-electron chi connectivity index (χ0n) is 26.8. The van der Waals surface area contributed by atoms with E-state index >= 15 is 0 Å². The second-order valence-corrected chi connectivity index (χ2v) is 14.4. The number of amides is 1. The van der Waals surface area contributed by atoms with Gasteiger partial charge >= 0.3 is 12.4 Å². The molecular formula is C35H29F9N2O4S. The van der Waals surface area contributed by atoms with Gasteiger partial charge in [0.2, 0.25) is 0 Å². The van der Waals surface area contributed by atoms with Gasteiger partial charge in [-0.25, -0.2) is 21.6 Å². The smallest absolute Gasteiger partial charge is 0.378 e. The van der Waals surface area contributed by atoms with Crippen molar-refractivity contribution in [1.29, 1.82) is 0 Å². The van der Waals surface area contributed by atoms with E-state index in [0.717, 1.165) is 48.2 Å². The number of halogens is 9. The molecule has 1 unspecified atom stereocenters. The van der Waals surface area contributed by atoms with Crippen molar-refractivity contribution in [2.75, 3.05) is 32.1 Å².